The molecule has 0 spiro atoms. The van der Waals surface area contributed by atoms with E-state index in [1.807, 2.05) is 11.0 Å². The van der Waals surface area contributed by atoms with Crippen LogP contribution in [0.25, 0.3) is 0 Å². The molecule has 0 radical (unpaired) electrons. The third kappa shape index (κ3) is 4.40. The molecule has 1 saturated carbocycles. The van der Waals surface area contributed by atoms with Crippen LogP contribution in [0.15, 0.2) is 30.3 Å². The van der Waals surface area contributed by atoms with E-state index in [1.54, 1.807) is 6.92 Å². The maximum Gasteiger partial charge on any atom is 0.223 e. The summed E-state index contributed by atoms with van der Waals surface area (Å²) in [6.45, 7) is 6.65. The number of likely N-dealkylation sites (tertiary alicyclic amines) is 2. The second kappa shape index (κ2) is 8.64. The summed E-state index contributed by atoms with van der Waals surface area (Å²) < 4.78 is 0. The van der Waals surface area contributed by atoms with E-state index in [-0.39, 0.29) is 23.8 Å². The van der Waals surface area contributed by atoms with Crippen LogP contribution < -0.4 is 5.32 Å². The van der Waals surface area contributed by atoms with Crippen LogP contribution in [-0.2, 0) is 9.59 Å². The molecule has 2 saturated heterocycles. The lowest BCUT2D eigenvalue weighted by Crippen LogP contribution is -2.36. The van der Waals surface area contributed by atoms with E-state index in [1.165, 1.54) is 18.4 Å². The van der Waals surface area contributed by atoms with Crippen LogP contribution >= 0.6 is 0 Å². The van der Waals surface area contributed by atoms with Crippen molar-refractivity contribution in [2.45, 2.75) is 45.1 Å². The largest absolute Gasteiger partial charge is 0.349 e. The molecule has 5 heteroatoms. The Bertz CT molecular complexity index is 672. The zero-order valence-electron chi connectivity index (χ0n) is 17.0. The van der Waals surface area contributed by atoms with Crippen LogP contribution in [0.3, 0.4) is 0 Å². The zero-order chi connectivity index (χ0) is 19.5. The van der Waals surface area contributed by atoms with Crippen molar-refractivity contribution in [3.8, 4) is 0 Å². The first-order chi connectivity index (χ1) is 13.6. The van der Waals surface area contributed by atoms with Gasteiger partial charge in [0.25, 0.3) is 0 Å². The van der Waals surface area contributed by atoms with E-state index in [2.05, 4.69) is 34.5 Å². The fraction of sp³-hybridized carbons (Fsp3) is 0.652. The summed E-state index contributed by atoms with van der Waals surface area (Å²) in [5.41, 5.74) is 1.20. The maximum atomic E-state index is 12.7. The zero-order valence-corrected chi connectivity index (χ0v) is 17.0. The van der Waals surface area contributed by atoms with Gasteiger partial charge in [-0.1, -0.05) is 43.2 Å². The van der Waals surface area contributed by atoms with Gasteiger partial charge in [-0.3, -0.25) is 9.59 Å². The van der Waals surface area contributed by atoms with E-state index in [0.717, 1.165) is 52.0 Å². The second-order valence-electron chi connectivity index (χ2n) is 8.95. The Morgan fingerprint density at radius 2 is 1.68 bits per heavy atom. The van der Waals surface area contributed by atoms with Crippen molar-refractivity contribution in [2.75, 3.05) is 32.7 Å². The van der Waals surface area contributed by atoms with E-state index in [4.69, 9.17) is 0 Å². The van der Waals surface area contributed by atoms with Crippen molar-refractivity contribution >= 4 is 11.8 Å². The fourth-order valence-electron chi connectivity index (χ4n) is 5.33. The maximum absolute atomic E-state index is 12.7. The second-order valence-corrected chi connectivity index (χ2v) is 8.95. The van der Waals surface area contributed by atoms with Gasteiger partial charge in [0, 0.05) is 45.6 Å². The third-order valence-electron chi connectivity index (χ3n) is 6.99. The first kappa shape index (κ1) is 19.4. The minimum Gasteiger partial charge on any atom is -0.349 e. The summed E-state index contributed by atoms with van der Waals surface area (Å²) in [6, 6.07) is 10.5. The molecule has 28 heavy (non-hydrogen) atoms. The number of nitrogens with one attached hydrogen (secondary N) is 1. The Hall–Kier alpha value is -1.88. The Kier molecular flexibility index (Phi) is 6.00. The van der Waals surface area contributed by atoms with Gasteiger partial charge in [0.15, 0.2) is 0 Å². The molecule has 3 atom stereocenters. The van der Waals surface area contributed by atoms with Gasteiger partial charge in [-0.15, -0.1) is 0 Å². The topological polar surface area (TPSA) is 52.7 Å². The number of carbonyl (C=O) groups is 2. The molecule has 1 N–H and O–H groups in total. The molecule has 0 bridgehead atoms. The van der Waals surface area contributed by atoms with Gasteiger partial charge in [0.1, 0.15) is 0 Å². The number of amides is 2. The van der Waals surface area contributed by atoms with Crippen LogP contribution in [-0.4, -0.2) is 54.3 Å². The molecule has 3 aliphatic rings. The third-order valence-corrected chi connectivity index (χ3v) is 6.99. The highest BCUT2D eigenvalue weighted by Gasteiger charge is 2.40. The van der Waals surface area contributed by atoms with Crippen LogP contribution in [0.5, 0.6) is 0 Å². The van der Waals surface area contributed by atoms with E-state index in [9.17, 15) is 9.59 Å². The van der Waals surface area contributed by atoms with Crippen molar-refractivity contribution in [3.63, 3.8) is 0 Å². The van der Waals surface area contributed by atoms with E-state index < -0.39 is 0 Å². The average Bonchev–Trinajstić information content (AvgIpc) is 3.41. The van der Waals surface area contributed by atoms with Gasteiger partial charge < -0.3 is 15.1 Å². The van der Waals surface area contributed by atoms with Crippen LogP contribution in [0.4, 0.5) is 0 Å². The monoisotopic (exact) mass is 383 g/mol. The van der Waals surface area contributed by atoms with E-state index >= 15 is 0 Å². The summed E-state index contributed by atoms with van der Waals surface area (Å²) in [5, 5.41) is 3.35. The number of carbonyl (C=O) groups excluding carboxylic acids is 2. The van der Waals surface area contributed by atoms with Gasteiger partial charge >= 0.3 is 0 Å². The van der Waals surface area contributed by atoms with Crippen molar-refractivity contribution in [3.05, 3.63) is 35.9 Å². The first-order valence-corrected chi connectivity index (χ1v) is 10.9. The van der Waals surface area contributed by atoms with Crippen molar-refractivity contribution in [2.24, 2.45) is 17.8 Å². The van der Waals surface area contributed by atoms with E-state index in [0.29, 0.717) is 11.8 Å². The number of nitrogens with zero attached hydrogens (tertiary/aromatic N) is 2. The minimum absolute atomic E-state index is 0.0865. The number of hydrogen-bond donors (Lipinski definition) is 1. The molecule has 2 heterocycles. The predicted octanol–water partition coefficient (Wildman–Crippen LogP) is 2.83. The molecule has 5 nitrogen and oxygen atoms in total. The number of benzene rings is 1. The Morgan fingerprint density at radius 1 is 1.04 bits per heavy atom. The predicted molar refractivity (Wildman–Crippen MR) is 110 cm³/mol. The van der Waals surface area contributed by atoms with Crippen LogP contribution in [0, 0.1) is 17.8 Å². The molecular formula is C23H33N3O2. The first-order valence-electron chi connectivity index (χ1n) is 10.9. The minimum atomic E-state index is 0.0865. The van der Waals surface area contributed by atoms with Crippen molar-refractivity contribution in [1.82, 2.24) is 15.1 Å². The highest BCUT2D eigenvalue weighted by Crippen LogP contribution is 2.32. The number of hydrogen-bond acceptors (Lipinski definition) is 3. The lowest BCUT2D eigenvalue weighted by Gasteiger charge is -2.25. The molecule has 152 valence electrons. The quantitative estimate of drug-likeness (QED) is 0.822. The molecule has 0 unspecified atom stereocenters. The van der Waals surface area contributed by atoms with Gasteiger partial charge in [-0.2, -0.15) is 0 Å². The summed E-state index contributed by atoms with van der Waals surface area (Å²) >= 11 is 0. The van der Waals surface area contributed by atoms with Gasteiger partial charge in [-0.25, -0.2) is 0 Å². The summed E-state index contributed by atoms with van der Waals surface area (Å²) in [7, 11) is 0. The lowest BCUT2D eigenvalue weighted by molar-refractivity contribution is -0.128. The molecule has 1 aromatic carbocycles. The fourth-order valence-corrected chi connectivity index (χ4v) is 5.33. The molecule has 1 aliphatic carbocycles. The number of rotatable bonds is 6. The molecular weight excluding hydrogens is 350 g/mol. The molecule has 4 rings (SSSR count). The van der Waals surface area contributed by atoms with Crippen molar-refractivity contribution in [1.29, 1.82) is 0 Å². The summed E-state index contributed by atoms with van der Waals surface area (Å²) in [6.07, 6.45) is 5.38. The highest BCUT2D eigenvalue weighted by atomic mass is 16.2. The van der Waals surface area contributed by atoms with Crippen molar-refractivity contribution < 1.29 is 9.59 Å². The smallest absolute Gasteiger partial charge is 0.223 e. The van der Waals surface area contributed by atoms with Gasteiger partial charge in [-0.05, 0) is 36.7 Å². The van der Waals surface area contributed by atoms with Gasteiger partial charge in [0.2, 0.25) is 11.8 Å². The highest BCUT2D eigenvalue weighted by molar-refractivity contribution is 5.79. The van der Waals surface area contributed by atoms with Crippen LogP contribution in [0.1, 0.15) is 50.6 Å². The standard InChI is InChI=1S/C23H33N3O2/c1-17(27)26-15-20-13-25(14-21(20)16-26)12-11-22(18-7-3-2-4-8-18)24-23(28)19-9-5-6-10-19/h2-4,7-8,19-22H,5-6,9-16H2,1H3,(H,24,28)/t20-,21+,22-/m0/s1. The molecule has 1 aromatic rings. The summed E-state index contributed by atoms with van der Waals surface area (Å²) in [5.74, 6) is 1.88. The normalized spacial score (nSPS) is 26.4. The molecule has 2 amide bonds. The van der Waals surface area contributed by atoms with Gasteiger partial charge in [0.05, 0.1) is 6.04 Å². The average molecular weight is 384 g/mol. The number of fused-ring (bicyclic) bond motifs is 1. The molecule has 0 aromatic heterocycles. The molecule has 3 fully saturated rings. The Morgan fingerprint density at radius 3 is 2.29 bits per heavy atom. The summed E-state index contributed by atoms with van der Waals surface area (Å²) in [4.78, 5) is 28.9. The lowest BCUT2D eigenvalue weighted by atomic mass is 10.0. The molecule has 2 aliphatic heterocycles. The Labute approximate surface area is 168 Å². The Balaban J connectivity index is 1.33. The SMILES string of the molecule is CC(=O)N1C[C@H]2CN(CC[C@H](NC(=O)C3CCCC3)c3ccccc3)C[C@H]2C1. The van der Waals surface area contributed by atoms with Crippen LogP contribution in [0.2, 0.25) is 0 Å².